The van der Waals surface area contributed by atoms with Crippen molar-refractivity contribution in [1.82, 2.24) is 5.32 Å². The quantitative estimate of drug-likeness (QED) is 0.549. The molecule has 0 spiro atoms. The van der Waals surface area contributed by atoms with E-state index in [1.54, 1.807) is 0 Å². The van der Waals surface area contributed by atoms with Crippen molar-refractivity contribution in [2.45, 2.75) is 26.8 Å². The molecule has 0 radical (unpaired) electrons. The van der Waals surface area contributed by atoms with E-state index in [4.69, 9.17) is 12.2 Å². The van der Waals surface area contributed by atoms with Crippen molar-refractivity contribution in [3.8, 4) is 0 Å². The maximum absolute atomic E-state index is 11.7. The number of hydrogen-bond donors (Lipinski definition) is 1. The summed E-state index contributed by atoms with van der Waals surface area (Å²) >= 11 is 6.33. The Morgan fingerprint density at radius 1 is 1.07 bits per heavy atom. The van der Waals surface area contributed by atoms with Gasteiger partial charge in [-0.25, -0.2) is 0 Å². The van der Waals surface area contributed by atoms with Gasteiger partial charge in [-0.3, -0.25) is 4.79 Å². The van der Waals surface area contributed by atoms with Gasteiger partial charge in [0.2, 0.25) is 0 Å². The molecule has 1 saturated heterocycles. The Hall–Kier alpha value is -2.11. The van der Waals surface area contributed by atoms with Gasteiger partial charge in [-0.1, -0.05) is 74.2 Å². The van der Waals surface area contributed by atoms with Crippen LogP contribution in [0.1, 0.15) is 30.5 Å². The smallest absolute Gasteiger partial charge is 0.263 e. The number of anilines is 1. The molecule has 1 amide bonds. The molecule has 1 fully saturated rings. The predicted octanol–water partition coefficient (Wildman–Crippen LogP) is 5.01. The molecule has 3 nitrogen and oxygen atoms in total. The molecule has 2 aromatic rings. The number of benzene rings is 2. The van der Waals surface area contributed by atoms with Crippen LogP contribution in [0.2, 0.25) is 0 Å². The minimum atomic E-state index is -0.116. The Bertz CT molecular complexity index is 855. The monoisotopic (exact) mass is 396 g/mol. The molecule has 0 bridgehead atoms. The van der Waals surface area contributed by atoms with Gasteiger partial charge in [-0.15, -0.1) is 0 Å². The molecule has 0 aromatic heterocycles. The van der Waals surface area contributed by atoms with Crippen molar-refractivity contribution in [1.29, 1.82) is 0 Å². The lowest BCUT2D eigenvalue weighted by Gasteiger charge is -2.20. The Morgan fingerprint density at radius 2 is 1.70 bits per heavy atom. The van der Waals surface area contributed by atoms with E-state index in [0.717, 1.165) is 18.5 Å². The van der Waals surface area contributed by atoms with Crippen LogP contribution in [0.15, 0.2) is 53.4 Å². The van der Waals surface area contributed by atoms with E-state index in [-0.39, 0.29) is 5.91 Å². The number of thiocarbonyl (C=S) groups is 1. The van der Waals surface area contributed by atoms with Crippen LogP contribution in [0.5, 0.6) is 0 Å². The zero-order chi connectivity index (χ0) is 19.4. The van der Waals surface area contributed by atoms with Crippen LogP contribution in [-0.4, -0.2) is 17.3 Å². The fraction of sp³-hybridized carbons (Fsp3) is 0.273. The summed E-state index contributed by atoms with van der Waals surface area (Å²) in [6, 6.07) is 17.1. The average molecular weight is 397 g/mol. The van der Waals surface area contributed by atoms with Crippen LogP contribution in [0.25, 0.3) is 6.08 Å². The minimum Gasteiger partial charge on any atom is -0.370 e. The molecule has 27 heavy (non-hydrogen) atoms. The minimum absolute atomic E-state index is 0.116. The van der Waals surface area contributed by atoms with E-state index in [1.165, 1.54) is 28.6 Å². The molecule has 0 atom stereocenters. The number of carbonyl (C=O) groups is 1. The van der Waals surface area contributed by atoms with Crippen LogP contribution in [0.4, 0.5) is 5.69 Å². The van der Waals surface area contributed by atoms with Gasteiger partial charge in [0.1, 0.15) is 4.32 Å². The third-order valence-electron chi connectivity index (χ3n) is 4.36. The molecule has 1 N–H and O–H groups in total. The number of thioether (sulfide) groups is 1. The van der Waals surface area contributed by atoms with Gasteiger partial charge in [-0.2, -0.15) is 0 Å². The second kappa shape index (κ2) is 8.72. The van der Waals surface area contributed by atoms with Crippen molar-refractivity contribution < 1.29 is 4.79 Å². The second-order valence-electron chi connectivity index (χ2n) is 7.21. The van der Waals surface area contributed by atoms with E-state index in [9.17, 15) is 4.79 Å². The molecule has 0 unspecified atom stereocenters. The third-order valence-corrected chi connectivity index (χ3v) is 5.52. The van der Waals surface area contributed by atoms with Crippen LogP contribution in [0.3, 0.4) is 0 Å². The number of nitrogens with one attached hydrogen (secondary N) is 1. The summed E-state index contributed by atoms with van der Waals surface area (Å²) in [5, 5.41) is 2.64. The maximum Gasteiger partial charge on any atom is 0.263 e. The van der Waals surface area contributed by atoms with E-state index >= 15 is 0 Å². The van der Waals surface area contributed by atoms with Crippen LogP contribution in [0, 0.1) is 5.92 Å². The molecule has 1 heterocycles. The first-order valence-electron chi connectivity index (χ1n) is 9.04. The summed E-state index contributed by atoms with van der Waals surface area (Å²) in [7, 11) is 2.10. The van der Waals surface area contributed by atoms with E-state index in [1.807, 2.05) is 18.2 Å². The summed E-state index contributed by atoms with van der Waals surface area (Å²) < 4.78 is 0.518. The van der Waals surface area contributed by atoms with Crippen LogP contribution >= 0.6 is 24.0 Å². The molecule has 5 heteroatoms. The van der Waals surface area contributed by atoms with Gasteiger partial charge in [0.15, 0.2) is 0 Å². The summed E-state index contributed by atoms with van der Waals surface area (Å²) in [5.41, 5.74) is 4.82. The van der Waals surface area contributed by atoms with Crippen LogP contribution < -0.4 is 10.2 Å². The molecule has 1 aliphatic rings. The Kier molecular flexibility index (Phi) is 6.34. The van der Waals surface area contributed by atoms with Gasteiger partial charge >= 0.3 is 0 Å². The molecule has 1 aliphatic heterocycles. The average Bonchev–Trinajstić information content (AvgIpc) is 2.94. The summed E-state index contributed by atoms with van der Waals surface area (Å²) in [4.78, 5) is 14.6. The molecule has 140 valence electrons. The number of amides is 1. The van der Waals surface area contributed by atoms with Crippen molar-refractivity contribution in [2.75, 3.05) is 11.9 Å². The number of hydrogen-bond acceptors (Lipinski definition) is 4. The fourth-order valence-corrected chi connectivity index (χ4v) is 4.06. The standard InChI is InChI=1S/C22H24N2OS2/c1-15(2)12-16-8-10-19(11-9-16)24(3)14-18-6-4-17(5-7-18)13-20-21(25)23-22(26)27-20/h4-11,13,15H,12,14H2,1-3H3,(H,23,25,26). The van der Waals surface area contributed by atoms with E-state index < -0.39 is 0 Å². The lowest BCUT2D eigenvalue weighted by molar-refractivity contribution is -0.115. The Labute approximate surface area is 170 Å². The van der Waals surface area contributed by atoms with Crippen LogP contribution in [-0.2, 0) is 17.8 Å². The highest BCUT2D eigenvalue weighted by molar-refractivity contribution is 8.26. The summed E-state index contributed by atoms with van der Waals surface area (Å²) in [6.07, 6.45) is 2.99. The van der Waals surface area contributed by atoms with Gasteiger partial charge in [0.25, 0.3) is 5.91 Å². The Morgan fingerprint density at radius 3 is 2.26 bits per heavy atom. The number of rotatable bonds is 6. The van der Waals surface area contributed by atoms with Crippen molar-refractivity contribution >= 4 is 46.0 Å². The normalized spacial score (nSPS) is 15.5. The second-order valence-corrected chi connectivity index (χ2v) is 8.93. The largest absolute Gasteiger partial charge is 0.370 e. The molecule has 2 aromatic carbocycles. The molecule has 3 rings (SSSR count). The van der Waals surface area contributed by atoms with Gasteiger partial charge in [0.05, 0.1) is 4.91 Å². The highest BCUT2D eigenvalue weighted by Crippen LogP contribution is 2.26. The molecule has 0 aliphatic carbocycles. The molecular formula is C22H24N2OS2. The highest BCUT2D eigenvalue weighted by Gasteiger charge is 2.21. The van der Waals surface area contributed by atoms with Gasteiger partial charge in [0, 0.05) is 19.3 Å². The van der Waals surface area contributed by atoms with Crippen molar-refractivity contribution in [3.05, 3.63) is 70.1 Å². The van der Waals surface area contributed by atoms with Gasteiger partial charge < -0.3 is 10.2 Å². The maximum atomic E-state index is 11.7. The molecular weight excluding hydrogens is 372 g/mol. The lowest BCUT2D eigenvalue weighted by atomic mass is 10.0. The van der Waals surface area contributed by atoms with Crippen molar-refractivity contribution in [3.63, 3.8) is 0 Å². The zero-order valence-corrected chi connectivity index (χ0v) is 17.5. The van der Waals surface area contributed by atoms with Gasteiger partial charge in [-0.05, 0) is 47.2 Å². The SMILES string of the molecule is CC(C)Cc1ccc(N(C)Cc2ccc(C=C3SC(=S)NC3=O)cc2)cc1. The first-order chi connectivity index (χ1) is 12.9. The topological polar surface area (TPSA) is 32.3 Å². The zero-order valence-electron chi connectivity index (χ0n) is 15.9. The number of nitrogens with zero attached hydrogens (tertiary/aromatic N) is 1. The fourth-order valence-electron chi connectivity index (χ4n) is 3.01. The third kappa shape index (κ3) is 5.44. The van der Waals surface area contributed by atoms with Crippen molar-refractivity contribution in [2.24, 2.45) is 5.92 Å². The van der Waals surface area contributed by atoms with E-state index in [0.29, 0.717) is 15.1 Å². The van der Waals surface area contributed by atoms with E-state index in [2.05, 4.69) is 67.5 Å². The summed E-state index contributed by atoms with van der Waals surface area (Å²) in [5.74, 6) is 0.557. The molecule has 0 saturated carbocycles. The Balaban J connectivity index is 1.63. The summed E-state index contributed by atoms with van der Waals surface area (Å²) in [6.45, 7) is 5.32. The first kappa shape index (κ1) is 19.6. The number of carbonyl (C=O) groups excluding carboxylic acids is 1. The predicted molar refractivity (Wildman–Crippen MR) is 120 cm³/mol. The highest BCUT2D eigenvalue weighted by atomic mass is 32.2. The first-order valence-corrected chi connectivity index (χ1v) is 10.3. The lowest BCUT2D eigenvalue weighted by Crippen LogP contribution is -2.17.